The standard InChI is InChI=1S/C8H6ClS/c9-8-3-1-7(2-4-8)5-6-10/h1-4H,5H2. The lowest BCUT2D eigenvalue weighted by molar-refractivity contribution is 1.38. The van der Waals surface area contributed by atoms with Crippen molar-refractivity contribution in [3.05, 3.63) is 34.9 Å². The number of rotatable bonds is 2. The lowest BCUT2D eigenvalue weighted by Crippen LogP contribution is -1.81. The van der Waals surface area contributed by atoms with Crippen molar-refractivity contribution >= 4 is 29.2 Å². The van der Waals surface area contributed by atoms with Crippen molar-refractivity contribution in [3.8, 4) is 0 Å². The first-order valence-corrected chi connectivity index (χ1v) is 3.71. The largest absolute Gasteiger partial charge is 0.0843 e. The Morgan fingerprint density at radius 3 is 2.40 bits per heavy atom. The van der Waals surface area contributed by atoms with Crippen molar-refractivity contribution in [2.24, 2.45) is 0 Å². The van der Waals surface area contributed by atoms with E-state index in [0.717, 1.165) is 10.6 Å². The molecular formula is C8H6ClS. The Morgan fingerprint density at radius 2 is 1.90 bits per heavy atom. The number of benzene rings is 1. The van der Waals surface area contributed by atoms with Gasteiger partial charge in [-0.3, -0.25) is 0 Å². The van der Waals surface area contributed by atoms with Gasteiger partial charge in [0.05, 0.1) is 0 Å². The first-order chi connectivity index (χ1) is 4.83. The van der Waals surface area contributed by atoms with Crippen molar-refractivity contribution < 1.29 is 0 Å². The molecule has 0 saturated carbocycles. The molecule has 0 aliphatic carbocycles. The zero-order valence-electron chi connectivity index (χ0n) is 5.30. The Hall–Kier alpha value is -0.400. The van der Waals surface area contributed by atoms with E-state index in [1.807, 2.05) is 24.3 Å². The summed E-state index contributed by atoms with van der Waals surface area (Å²) in [4.78, 5) is 0. The summed E-state index contributed by atoms with van der Waals surface area (Å²) in [6.45, 7) is 0. The highest BCUT2D eigenvalue weighted by molar-refractivity contribution is 7.78. The minimum atomic E-state index is 0.715. The summed E-state index contributed by atoms with van der Waals surface area (Å²) in [5, 5.41) is 3.40. The fourth-order valence-corrected chi connectivity index (χ4v) is 0.978. The molecule has 1 radical (unpaired) electrons. The molecule has 0 amide bonds. The number of halogens is 1. The van der Waals surface area contributed by atoms with Gasteiger partial charge >= 0.3 is 0 Å². The zero-order chi connectivity index (χ0) is 7.40. The van der Waals surface area contributed by atoms with Crippen LogP contribution < -0.4 is 0 Å². The van der Waals surface area contributed by atoms with E-state index in [1.165, 1.54) is 0 Å². The molecule has 0 atom stereocenters. The van der Waals surface area contributed by atoms with Crippen LogP contribution in [0.25, 0.3) is 0 Å². The van der Waals surface area contributed by atoms with Gasteiger partial charge in [0, 0.05) is 16.8 Å². The second-order valence-corrected chi connectivity index (χ2v) is 2.67. The Kier molecular flexibility index (Phi) is 2.84. The highest BCUT2D eigenvalue weighted by Crippen LogP contribution is 2.08. The van der Waals surface area contributed by atoms with Gasteiger partial charge in [-0.1, -0.05) is 36.0 Å². The van der Waals surface area contributed by atoms with Crippen molar-refractivity contribution in [2.45, 2.75) is 6.42 Å². The normalized spacial score (nSPS) is 9.30. The molecule has 0 aromatic heterocycles. The van der Waals surface area contributed by atoms with Crippen LogP contribution in [0.15, 0.2) is 24.3 Å². The maximum atomic E-state index is 5.67. The topological polar surface area (TPSA) is 0 Å². The molecule has 0 nitrogen and oxygen atoms in total. The third-order valence-electron chi connectivity index (χ3n) is 1.19. The molecule has 0 spiro atoms. The van der Waals surface area contributed by atoms with Gasteiger partial charge in [0.2, 0.25) is 0 Å². The fraction of sp³-hybridized carbons (Fsp3) is 0.125. The summed E-state index contributed by atoms with van der Waals surface area (Å²) in [6.07, 6.45) is 0.715. The van der Waals surface area contributed by atoms with Crippen molar-refractivity contribution in [1.82, 2.24) is 0 Å². The molecule has 1 rings (SSSR count). The Bertz CT molecular complexity index is 215. The van der Waals surface area contributed by atoms with E-state index in [1.54, 1.807) is 0 Å². The van der Waals surface area contributed by atoms with Gasteiger partial charge in [-0.15, -0.1) is 0 Å². The maximum absolute atomic E-state index is 5.67. The number of thiocarbonyl (C=S) groups is 1. The van der Waals surface area contributed by atoms with Crippen molar-refractivity contribution in [3.63, 3.8) is 0 Å². The summed E-state index contributed by atoms with van der Waals surface area (Å²) in [6, 6.07) is 7.59. The molecule has 0 aliphatic heterocycles. The van der Waals surface area contributed by atoms with Crippen LogP contribution in [-0.2, 0) is 6.42 Å². The van der Waals surface area contributed by atoms with Crippen LogP contribution in [-0.4, -0.2) is 5.37 Å². The molecule has 0 unspecified atom stereocenters. The molecule has 0 bridgehead atoms. The highest BCUT2D eigenvalue weighted by Gasteiger charge is 1.88. The molecule has 0 fully saturated rings. The van der Waals surface area contributed by atoms with Gasteiger partial charge in [0.15, 0.2) is 0 Å². The smallest absolute Gasteiger partial charge is 0.0406 e. The van der Waals surface area contributed by atoms with E-state index >= 15 is 0 Å². The second kappa shape index (κ2) is 3.69. The minimum absolute atomic E-state index is 0.715. The van der Waals surface area contributed by atoms with E-state index in [0.29, 0.717) is 6.42 Å². The van der Waals surface area contributed by atoms with E-state index in [-0.39, 0.29) is 0 Å². The first kappa shape index (κ1) is 7.70. The molecule has 0 saturated heterocycles. The molecule has 0 heterocycles. The van der Waals surface area contributed by atoms with Gasteiger partial charge in [-0.05, 0) is 17.7 Å². The molecular weight excluding hydrogens is 164 g/mol. The second-order valence-electron chi connectivity index (χ2n) is 1.95. The minimum Gasteiger partial charge on any atom is -0.0843 e. The average molecular weight is 170 g/mol. The highest BCUT2D eigenvalue weighted by atomic mass is 35.5. The molecule has 2 heteroatoms. The lowest BCUT2D eigenvalue weighted by Gasteiger charge is -1.93. The first-order valence-electron chi connectivity index (χ1n) is 2.92. The van der Waals surface area contributed by atoms with Crippen LogP contribution in [0.1, 0.15) is 5.56 Å². The van der Waals surface area contributed by atoms with E-state index < -0.39 is 0 Å². The van der Waals surface area contributed by atoms with Crippen molar-refractivity contribution in [1.29, 1.82) is 0 Å². The summed E-state index contributed by atoms with van der Waals surface area (Å²) in [5.41, 5.74) is 1.15. The SMILES string of the molecule is S=[C]Cc1ccc(Cl)cc1. The molecule has 1 aromatic rings. The molecule has 51 valence electrons. The van der Waals surface area contributed by atoms with Gasteiger partial charge < -0.3 is 0 Å². The fourth-order valence-electron chi connectivity index (χ4n) is 0.686. The van der Waals surface area contributed by atoms with Crippen LogP contribution in [0.3, 0.4) is 0 Å². The predicted molar refractivity (Wildman–Crippen MR) is 47.8 cm³/mol. The molecule has 0 N–H and O–H groups in total. The van der Waals surface area contributed by atoms with Crippen LogP contribution >= 0.6 is 23.8 Å². The third kappa shape index (κ3) is 2.09. The summed E-state index contributed by atoms with van der Waals surface area (Å²) < 4.78 is 0. The molecule has 1 aromatic carbocycles. The zero-order valence-corrected chi connectivity index (χ0v) is 6.88. The van der Waals surface area contributed by atoms with Crippen LogP contribution in [0.2, 0.25) is 5.02 Å². The number of hydrogen-bond donors (Lipinski definition) is 0. The van der Waals surface area contributed by atoms with Gasteiger partial charge in [-0.25, -0.2) is 0 Å². The average Bonchev–Trinajstić information content (AvgIpc) is 1.95. The summed E-state index contributed by atoms with van der Waals surface area (Å²) in [5.74, 6) is 0. The van der Waals surface area contributed by atoms with E-state index in [2.05, 4.69) is 17.6 Å². The third-order valence-corrected chi connectivity index (χ3v) is 1.59. The summed E-state index contributed by atoms with van der Waals surface area (Å²) in [7, 11) is 0. The predicted octanol–water partition coefficient (Wildman–Crippen LogP) is 2.76. The lowest BCUT2D eigenvalue weighted by atomic mass is 10.2. The van der Waals surface area contributed by atoms with E-state index in [4.69, 9.17) is 11.6 Å². The van der Waals surface area contributed by atoms with Gasteiger partial charge in [0.1, 0.15) is 0 Å². The van der Waals surface area contributed by atoms with Crippen molar-refractivity contribution in [2.75, 3.05) is 0 Å². The molecule has 10 heavy (non-hydrogen) atoms. The van der Waals surface area contributed by atoms with Crippen LogP contribution in [0, 0.1) is 0 Å². The van der Waals surface area contributed by atoms with E-state index in [9.17, 15) is 0 Å². The Balaban J connectivity index is 2.78. The monoisotopic (exact) mass is 169 g/mol. The Morgan fingerprint density at radius 1 is 1.30 bits per heavy atom. The maximum Gasteiger partial charge on any atom is 0.0406 e. The Labute approximate surface area is 70.8 Å². The van der Waals surface area contributed by atoms with Crippen LogP contribution in [0.5, 0.6) is 0 Å². The number of hydrogen-bond acceptors (Lipinski definition) is 1. The quantitative estimate of drug-likeness (QED) is 0.614. The molecule has 0 aliphatic rings. The van der Waals surface area contributed by atoms with Gasteiger partial charge in [-0.2, -0.15) is 0 Å². The van der Waals surface area contributed by atoms with Crippen LogP contribution in [0.4, 0.5) is 0 Å². The summed E-state index contributed by atoms with van der Waals surface area (Å²) >= 11 is 10.2. The van der Waals surface area contributed by atoms with Gasteiger partial charge in [0.25, 0.3) is 0 Å².